The zero-order valence-corrected chi connectivity index (χ0v) is 19.6. The molecule has 33 heavy (non-hydrogen) atoms. The second kappa shape index (κ2) is 9.03. The first-order valence-corrected chi connectivity index (χ1v) is 11.4. The molecule has 1 aliphatic rings. The minimum absolute atomic E-state index is 0.167. The van der Waals surface area contributed by atoms with Gasteiger partial charge in [0.05, 0.1) is 0 Å². The van der Waals surface area contributed by atoms with E-state index in [1.165, 1.54) is 17.5 Å². The van der Waals surface area contributed by atoms with E-state index < -0.39 is 0 Å². The quantitative estimate of drug-likeness (QED) is 0.415. The number of rotatable bonds is 5. The molecule has 0 fully saturated rings. The van der Waals surface area contributed by atoms with Crippen LogP contribution in [0.3, 0.4) is 0 Å². The molecule has 1 aliphatic heterocycles. The van der Waals surface area contributed by atoms with Crippen molar-refractivity contribution in [1.29, 1.82) is 0 Å². The lowest BCUT2D eigenvalue weighted by molar-refractivity contribution is 0.101. The van der Waals surface area contributed by atoms with E-state index in [9.17, 15) is 4.79 Å². The van der Waals surface area contributed by atoms with Crippen molar-refractivity contribution in [1.82, 2.24) is 19.5 Å². The number of fused-ring (bicyclic) bond motifs is 1. The SMILES string of the molecule is Cn1cccc1C(=O)Nc1cccc(Nc2ncnc(N3CCc4cc(Br)ccc4C3)n2)c1. The number of nitrogens with zero attached hydrogens (tertiary/aromatic N) is 5. The van der Waals surface area contributed by atoms with Gasteiger partial charge in [0.25, 0.3) is 5.91 Å². The fraction of sp³-hybridized carbons (Fsp3) is 0.167. The molecule has 5 rings (SSSR count). The zero-order chi connectivity index (χ0) is 22.8. The second-order valence-electron chi connectivity index (χ2n) is 7.86. The minimum atomic E-state index is -0.167. The van der Waals surface area contributed by atoms with Gasteiger partial charge in [0, 0.05) is 42.2 Å². The third-order valence-corrected chi connectivity index (χ3v) is 6.07. The van der Waals surface area contributed by atoms with Crippen LogP contribution in [0.2, 0.25) is 0 Å². The molecule has 2 aromatic heterocycles. The van der Waals surface area contributed by atoms with E-state index in [2.05, 4.69) is 64.6 Å². The summed E-state index contributed by atoms with van der Waals surface area (Å²) in [6.45, 7) is 1.60. The predicted molar refractivity (Wildman–Crippen MR) is 132 cm³/mol. The molecule has 0 bridgehead atoms. The summed E-state index contributed by atoms with van der Waals surface area (Å²) in [6.07, 6.45) is 4.29. The molecule has 0 radical (unpaired) electrons. The first-order valence-electron chi connectivity index (χ1n) is 10.6. The van der Waals surface area contributed by atoms with Crippen LogP contribution < -0.4 is 15.5 Å². The number of carbonyl (C=O) groups excluding carboxylic acids is 1. The van der Waals surface area contributed by atoms with Gasteiger partial charge in [-0.15, -0.1) is 0 Å². The Hall–Kier alpha value is -3.72. The largest absolute Gasteiger partial charge is 0.347 e. The van der Waals surface area contributed by atoms with Crippen LogP contribution in [0.5, 0.6) is 0 Å². The normalized spacial score (nSPS) is 12.8. The van der Waals surface area contributed by atoms with Gasteiger partial charge in [0.15, 0.2) is 0 Å². The third kappa shape index (κ3) is 4.73. The Morgan fingerprint density at radius 2 is 1.91 bits per heavy atom. The summed E-state index contributed by atoms with van der Waals surface area (Å²) >= 11 is 3.54. The Morgan fingerprint density at radius 1 is 1.03 bits per heavy atom. The van der Waals surface area contributed by atoms with Crippen LogP contribution in [0.25, 0.3) is 0 Å². The molecule has 166 valence electrons. The molecule has 8 nitrogen and oxygen atoms in total. The highest BCUT2D eigenvalue weighted by Crippen LogP contribution is 2.26. The van der Waals surface area contributed by atoms with Crippen LogP contribution in [0.15, 0.2) is 71.6 Å². The fourth-order valence-electron chi connectivity index (χ4n) is 3.89. The lowest BCUT2D eigenvalue weighted by Gasteiger charge is -2.29. The van der Waals surface area contributed by atoms with Crippen molar-refractivity contribution >= 4 is 45.1 Å². The molecule has 3 heterocycles. The van der Waals surface area contributed by atoms with E-state index in [0.717, 1.165) is 29.7 Å². The Labute approximate surface area is 199 Å². The molecule has 2 N–H and O–H groups in total. The Morgan fingerprint density at radius 3 is 2.76 bits per heavy atom. The standard InChI is InChI=1S/C24H22BrN7O/c1-31-10-3-6-21(31)22(33)28-19-4-2-5-20(13-19)29-23-26-15-27-24(30-23)32-11-9-16-12-18(25)8-7-17(16)14-32/h2-8,10,12-13,15H,9,11,14H2,1H3,(H,28,33)(H,26,27,29,30). The number of aromatic nitrogens is 4. The van der Waals surface area contributed by atoms with Crippen molar-refractivity contribution in [2.75, 3.05) is 22.1 Å². The molecule has 0 atom stereocenters. The number of aryl methyl sites for hydroxylation is 1. The van der Waals surface area contributed by atoms with Crippen LogP contribution in [0.4, 0.5) is 23.3 Å². The molecular formula is C24H22BrN7O. The predicted octanol–water partition coefficient (Wildman–Crippen LogP) is 4.53. The number of halogens is 1. The fourth-order valence-corrected chi connectivity index (χ4v) is 4.30. The summed E-state index contributed by atoms with van der Waals surface area (Å²) < 4.78 is 2.88. The molecule has 1 amide bonds. The molecule has 0 saturated heterocycles. The van der Waals surface area contributed by atoms with Crippen molar-refractivity contribution in [3.63, 3.8) is 0 Å². The molecule has 0 saturated carbocycles. The Bertz CT molecular complexity index is 1320. The maximum atomic E-state index is 12.5. The highest BCUT2D eigenvalue weighted by molar-refractivity contribution is 9.10. The number of amides is 1. The first-order chi connectivity index (χ1) is 16.0. The van der Waals surface area contributed by atoms with Crippen LogP contribution >= 0.6 is 15.9 Å². The van der Waals surface area contributed by atoms with Crippen molar-refractivity contribution in [3.05, 3.63) is 88.4 Å². The van der Waals surface area contributed by atoms with Crippen molar-refractivity contribution in [2.24, 2.45) is 7.05 Å². The van der Waals surface area contributed by atoms with Gasteiger partial charge in [-0.2, -0.15) is 4.98 Å². The lowest BCUT2D eigenvalue weighted by atomic mass is 10.0. The Balaban J connectivity index is 1.29. The number of anilines is 4. The number of hydrogen-bond acceptors (Lipinski definition) is 6. The number of hydrogen-bond donors (Lipinski definition) is 2. The van der Waals surface area contributed by atoms with E-state index >= 15 is 0 Å². The van der Waals surface area contributed by atoms with E-state index in [0.29, 0.717) is 23.3 Å². The highest BCUT2D eigenvalue weighted by Gasteiger charge is 2.19. The molecule has 9 heteroatoms. The van der Waals surface area contributed by atoms with Gasteiger partial charge in [0.2, 0.25) is 11.9 Å². The van der Waals surface area contributed by atoms with Gasteiger partial charge < -0.3 is 20.1 Å². The van der Waals surface area contributed by atoms with Gasteiger partial charge in [-0.25, -0.2) is 9.97 Å². The number of nitrogens with one attached hydrogen (secondary N) is 2. The van der Waals surface area contributed by atoms with Crippen LogP contribution in [-0.2, 0) is 20.0 Å². The maximum Gasteiger partial charge on any atom is 0.272 e. The van der Waals surface area contributed by atoms with Gasteiger partial charge in [-0.1, -0.05) is 28.1 Å². The summed E-state index contributed by atoms with van der Waals surface area (Å²) in [5.74, 6) is 0.918. The Kier molecular flexibility index (Phi) is 5.78. The molecule has 0 spiro atoms. The molecule has 4 aromatic rings. The van der Waals surface area contributed by atoms with Crippen LogP contribution in [0, 0.1) is 0 Å². The average Bonchev–Trinajstić information content (AvgIpc) is 3.25. The van der Waals surface area contributed by atoms with Crippen molar-refractivity contribution in [3.8, 4) is 0 Å². The van der Waals surface area contributed by atoms with Gasteiger partial charge in [-0.05, 0) is 60.0 Å². The van der Waals surface area contributed by atoms with E-state index in [4.69, 9.17) is 0 Å². The molecule has 2 aromatic carbocycles. The number of benzene rings is 2. The smallest absolute Gasteiger partial charge is 0.272 e. The highest BCUT2D eigenvalue weighted by atomic mass is 79.9. The monoisotopic (exact) mass is 503 g/mol. The molecular weight excluding hydrogens is 482 g/mol. The van der Waals surface area contributed by atoms with Crippen molar-refractivity contribution in [2.45, 2.75) is 13.0 Å². The van der Waals surface area contributed by atoms with Gasteiger partial charge >= 0.3 is 0 Å². The average molecular weight is 504 g/mol. The summed E-state index contributed by atoms with van der Waals surface area (Å²) in [5.41, 5.74) is 4.67. The van der Waals surface area contributed by atoms with Crippen molar-refractivity contribution < 1.29 is 4.79 Å². The second-order valence-corrected chi connectivity index (χ2v) is 8.77. The summed E-state index contributed by atoms with van der Waals surface area (Å²) in [4.78, 5) is 27.9. The van der Waals surface area contributed by atoms with Crippen LogP contribution in [0.1, 0.15) is 21.6 Å². The first kappa shape index (κ1) is 21.1. The van der Waals surface area contributed by atoms with Gasteiger partial charge in [-0.3, -0.25) is 4.79 Å². The maximum absolute atomic E-state index is 12.5. The topological polar surface area (TPSA) is 88.0 Å². The summed E-state index contributed by atoms with van der Waals surface area (Å²) in [5, 5.41) is 6.14. The number of carbonyl (C=O) groups is 1. The van der Waals surface area contributed by atoms with Crippen LogP contribution in [-0.4, -0.2) is 32.0 Å². The lowest BCUT2D eigenvalue weighted by Crippen LogP contribution is -2.32. The zero-order valence-electron chi connectivity index (χ0n) is 18.0. The molecule has 0 aliphatic carbocycles. The summed E-state index contributed by atoms with van der Waals surface area (Å²) in [7, 11) is 1.84. The van der Waals surface area contributed by atoms with Gasteiger partial charge in [0.1, 0.15) is 12.0 Å². The van der Waals surface area contributed by atoms with E-state index in [1.807, 2.05) is 43.6 Å². The third-order valence-electron chi connectivity index (χ3n) is 5.58. The molecule has 0 unspecified atom stereocenters. The van der Waals surface area contributed by atoms with E-state index in [-0.39, 0.29) is 5.91 Å². The summed E-state index contributed by atoms with van der Waals surface area (Å²) in [6, 6.07) is 17.5. The van der Waals surface area contributed by atoms with E-state index in [1.54, 1.807) is 10.6 Å². The minimum Gasteiger partial charge on any atom is -0.347 e.